The lowest BCUT2D eigenvalue weighted by atomic mass is 9.83. The van der Waals surface area contributed by atoms with Gasteiger partial charge in [0.05, 0.1) is 12.3 Å². The summed E-state index contributed by atoms with van der Waals surface area (Å²) in [5.74, 6) is -3.27. The van der Waals surface area contributed by atoms with Gasteiger partial charge in [-0.2, -0.15) is 5.26 Å². The third-order valence-electron chi connectivity index (χ3n) is 3.07. The van der Waals surface area contributed by atoms with Crippen molar-refractivity contribution in [3.8, 4) is 6.07 Å². The normalized spacial score (nSPS) is 13.7. The highest BCUT2D eigenvalue weighted by atomic mass is 19.1. The van der Waals surface area contributed by atoms with Crippen LogP contribution in [0.15, 0.2) is 35.1 Å². The molecule has 1 aromatic heterocycles. The highest BCUT2D eigenvalue weighted by Crippen LogP contribution is 2.37. The van der Waals surface area contributed by atoms with Gasteiger partial charge < -0.3 is 9.52 Å². The van der Waals surface area contributed by atoms with Crippen LogP contribution >= 0.6 is 0 Å². The molecule has 0 spiro atoms. The smallest absolute Gasteiger partial charge is 0.211 e. The maximum absolute atomic E-state index is 13.9. The van der Waals surface area contributed by atoms with E-state index in [1.165, 1.54) is 18.5 Å². The van der Waals surface area contributed by atoms with Crippen molar-refractivity contribution in [2.24, 2.45) is 0 Å². The molecule has 4 nitrogen and oxygen atoms in total. The lowest BCUT2D eigenvalue weighted by molar-refractivity contribution is 0.264. The molecule has 2 aromatic rings. The van der Waals surface area contributed by atoms with Crippen LogP contribution in [0.3, 0.4) is 0 Å². The van der Waals surface area contributed by atoms with E-state index in [2.05, 4.69) is 4.98 Å². The van der Waals surface area contributed by atoms with Gasteiger partial charge in [0.25, 0.3) is 0 Å². The van der Waals surface area contributed by atoms with Gasteiger partial charge in [0.15, 0.2) is 0 Å². The lowest BCUT2D eigenvalue weighted by Gasteiger charge is -2.20. The van der Waals surface area contributed by atoms with Crippen molar-refractivity contribution in [2.75, 3.05) is 6.61 Å². The number of benzene rings is 1. The Morgan fingerprint density at radius 2 is 2.05 bits per heavy atom. The van der Waals surface area contributed by atoms with E-state index < -0.39 is 23.5 Å². The van der Waals surface area contributed by atoms with Crippen LogP contribution in [0.1, 0.15) is 29.7 Å². The first-order valence-electron chi connectivity index (χ1n) is 6.02. The molecule has 0 aliphatic heterocycles. The average Bonchev–Trinajstić information content (AvgIpc) is 2.93. The van der Waals surface area contributed by atoms with Gasteiger partial charge in [0.1, 0.15) is 23.8 Å². The Morgan fingerprint density at radius 3 is 2.55 bits per heavy atom. The topological polar surface area (TPSA) is 70.0 Å². The van der Waals surface area contributed by atoms with Gasteiger partial charge in [-0.25, -0.2) is 13.8 Å². The predicted octanol–water partition coefficient (Wildman–Crippen LogP) is 2.73. The van der Waals surface area contributed by atoms with Crippen molar-refractivity contribution >= 4 is 0 Å². The Morgan fingerprint density at radius 1 is 1.35 bits per heavy atom. The minimum atomic E-state index is -0.969. The number of aliphatic hydroxyl groups excluding tert-OH is 1. The molecular weight excluding hydrogens is 266 g/mol. The molecule has 0 radical (unpaired) electrons. The summed E-state index contributed by atoms with van der Waals surface area (Å²) >= 11 is 0. The monoisotopic (exact) mass is 278 g/mol. The molecule has 2 rings (SSSR count). The molecule has 0 aliphatic carbocycles. The summed E-state index contributed by atoms with van der Waals surface area (Å²) in [5, 5.41) is 18.4. The van der Waals surface area contributed by atoms with Gasteiger partial charge in [-0.15, -0.1) is 0 Å². The minimum absolute atomic E-state index is 0.0263. The maximum Gasteiger partial charge on any atom is 0.211 e. The quantitative estimate of drug-likeness (QED) is 0.912. The van der Waals surface area contributed by atoms with Crippen LogP contribution in [0.4, 0.5) is 8.78 Å². The zero-order valence-corrected chi connectivity index (χ0v) is 10.5. The number of aromatic nitrogens is 1. The highest BCUT2D eigenvalue weighted by molar-refractivity contribution is 5.29. The van der Waals surface area contributed by atoms with Crippen molar-refractivity contribution in [3.05, 3.63) is 53.7 Å². The van der Waals surface area contributed by atoms with Gasteiger partial charge >= 0.3 is 0 Å². The number of nitrogens with zero attached hydrogens (tertiary/aromatic N) is 2. The van der Waals surface area contributed by atoms with Crippen molar-refractivity contribution in [1.82, 2.24) is 4.98 Å². The fraction of sp³-hybridized carbons (Fsp3) is 0.286. The molecule has 0 saturated heterocycles. The van der Waals surface area contributed by atoms with Gasteiger partial charge in [-0.3, -0.25) is 0 Å². The number of rotatable bonds is 5. The fourth-order valence-electron chi connectivity index (χ4n) is 2.19. The molecule has 104 valence electrons. The molecule has 0 amide bonds. The van der Waals surface area contributed by atoms with Crippen molar-refractivity contribution < 1.29 is 18.3 Å². The number of oxazole rings is 1. The summed E-state index contributed by atoms with van der Waals surface area (Å²) in [6.07, 6.45) is 2.67. The zero-order valence-electron chi connectivity index (χ0n) is 10.5. The standard InChI is InChI=1S/C14H12F2N2O2/c15-11-2-1-3-12(16)13(11)9(4-6-19)10(8-17)14-18-5-7-20-14/h1-3,5,7,9-10,19H,4,6H2/t9-,10-/m0/s1. The Balaban J connectivity index is 2.48. The third kappa shape index (κ3) is 2.68. The van der Waals surface area contributed by atoms with E-state index in [4.69, 9.17) is 9.52 Å². The van der Waals surface area contributed by atoms with Crippen LogP contribution in [0.5, 0.6) is 0 Å². The molecule has 1 N–H and O–H groups in total. The summed E-state index contributed by atoms with van der Waals surface area (Å²) in [4.78, 5) is 3.86. The second kappa shape index (κ2) is 6.26. The predicted molar refractivity (Wildman–Crippen MR) is 65.7 cm³/mol. The molecule has 2 atom stereocenters. The zero-order chi connectivity index (χ0) is 14.5. The Bertz CT molecular complexity index is 588. The first-order chi connectivity index (χ1) is 9.69. The summed E-state index contributed by atoms with van der Waals surface area (Å²) in [6.45, 7) is -0.308. The molecule has 0 unspecified atom stereocenters. The number of hydrogen-bond acceptors (Lipinski definition) is 4. The van der Waals surface area contributed by atoms with E-state index in [1.807, 2.05) is 6.07 Å². The molecule has 20 heavy (non-hydrogen) atoms. The molecule has 0 fully saturated rings. The number of hydrogen-bond donors (Lipinski definition) is 1. The first-order valence-corrected chi connectivity index (χ1v) is 6.02. The van der Waals surface area contributed by atoms with E-state index in [9.17, 15) is 14.0 Å². The second-order valence-corrected chi connectivity index (χ2v) is 4.23. The van der Waals surface area contributed by atoms with Gasteiger partial charge in [-0.1, -0.05) is 6.07 Å². The summed E-state index contributed by atoms with van der Waals surface area (Å²) < 4.78 is 32.8. The minimum Gasteiger partial charge on any atom is -0.448 e. The Hall–Kier alpha value is -2.26. The number of halogens is 2. The van der Waals surface area contributed by atoms with Crippen LogP contribution < -0.4 is 0 Å². The van der Waals surface area contributed by atoms with E-state index in [-0.39, 0.29) is 24.5 Å². The average molecular weight is 278 g/mol. The van der Waals surface area contributed by atoms with Crippen molar-refractivity contribution in [2.45, 2.75) is 18.3 Å². The molecule has 6 heteroatoms. The van der Waals surface area contributed by atoms with E-state index in [0.717, 1.165) is 12.1 Å². The van der Waals surface area contributed by atoms with Gasteiger partial charge in [0.2, 0.25) is 5.89 Å². The van der Waals surface area contributed by atoms with E-state index in [1.54, 1.807) is 0 Å². The summed E-state index contributed by atoms with van der Waals surface area (Å²) in [6, 6.07) is 5.42. The second-order valence-electron chi connectivity index (χ2n) is 4.23. The Kier molecular flexibility index (Phi) is 4.43. The third-order valence-corrected chi connectivity index (χ3v) is 3.07. The fourth-order valence-corrected chi connectivity index (χ4v) is 2.19. The molecule has 1 heterocycles. The molecule has 1 aromatic carbocycles. The van der Waals surface area contributed by atoms with Gasteiger partial charge in [0, 0.05) is 18.1 Å². The van der Waals surface area contributed by atoms with Crippen LogP contribution in [0.25, 0.3) is 0 Å². The van der Waals surface area contributed by atoms with Crippen LogP contribution in [0, 0.1) is 23.0 Å². The summed E-state index contributed by atoms with van der Waals surface area (Å²) in [7, 11) is 0. The molecular formula is C14H12F2N2O2. The Labute approximate surface area is 114 Å². The largest absolute Gasteiger partial charge is 0.448 e. The van der Waals surface area contributed by atoms with Crippen LogP contribution in [-0.2, 0) is 0 Å². The lowest BCUT2D eigenvalue weighted by Crippen LogP contribution is -2.15. The number of aliphatic hydroxyl groups is 1. The number of nitriles is 1. The van der Waals surface area contributed by atoms with Crippen LogP contribution in [-0.4, -0.2) is 16.7 Å². The van der Waals surface area contributed by atoms with Crippen molar-refractivity contribution in [1.29, 1.82) is 5.26 Å². The SMILES string of the molecule is N#C[C@H](c1ncco1)[C@H](CCO)c1c(F)cccc1F. The molecule has 0 aliphatic rings. The van der Waals surface area contributed by atoms with Crippen molar-refractivity contribution in [3.63, 3.8) is 0 Å². The van der Waals surface area contributed by atoms with E-state index >= 15 is 0 Å². The molecule has 0 saturated carbocycles. The highest BCUT2D eigenvalue weighted by Gasteiger charge is 2.32. The molecule has 0 bridgehead atoms. The van der Waals surface area contributed by atoms with Crippen LogP contribution in [0.2, 0.25) is 0 Å². The summed E-state index contributed by atoms with van der Waals surface area (Å²) in [5.41, 5.74) is -0.230. The first kappa shape index (κ1) is 14.2. The maximum atomic E-state index is 13.9. The van der Waals surface area contributed by atoms with E-state index in [0.29, 0.717) is 0 Å². The van der Waals surface area contributed by atoms with Gasteiger partial charge in [-0.05, 0) is 18.6 Å².